The van der Waals surface area contributed by atoms with E-state index in [0.29, 0.717) is 5.13 Å². The second kappa shape index (κ2) is 4.83. The molecule has 1 amide bonds. The van der Waals surface area contributed by atoms with E-state index in [1.807, 2.05) is 29.6 Å². The summed E-state index contributed by atoms with van der Waals surface area (Å²) in [7, 11) is 0. The first-order chi connectivity index (χ1) is 8.81. The van der Waals surface area contributed by atoms with Crippen molar-refractivity contribution < 1.29 is 4.79 Å². The van der Waals surface area contributed by atoms with Gasteiger partial charge in [0.15, 0.2) is 10.6 Å². The molecule has 0 unspecified atom stereocenters. The van der Waals surface area contributed by atoms with Crippen LogP contribution in [0.4, 0.5) is 5.13 Å². The molecule has 0 aliphatic carbocycles. The third-order valence-electron chi connectivity index (χ3n) is 2.32. The smallest absolute Gasteiger partial charge is 0.232 e. The molecular weight excluding hydrogens is 266 g/mol. The van der Waals surface area contributed by atoms with Crippen molar-refractivity contribution in [3.8, 4) is 0 Å². The maximum Gasteiger partial charge on any atom is 0.232 e. The van der Waals surface area contributed by atoms with Crippen molar-refractivity contribution >= 4 is 43.9 Å². The number of hydrogen-bond donors (Lipinski definition) is 1. The topological polar surface area (TPSA) is 54.9 Å². The third-order valence-corrected chi connectivity index (χ3v) is 3.86. The number of fused-ring (bicyclic) bond motifs is 1. The first kappa shape index (κ1) is 11.3. The van der Waals surface area contributed by atoms with E-state index < -0.39 is 0 Å². The van der Waals surface area contributed by atoms with Gasteiger partial charge in [-0.3, -0.25) is 4.79 Å². The summed E-state index contributed by atoms with van der Waals surface area (Å²) in [6, 6.07) is 7.80. The van der Waals surface area contributed by atoms with Crippen molar-refractivity contribution in [2.45, 2.75) is 6.42 Å². The van der Waals surface area contributed by atoms with E-state index in [1.165, 1.54) is 22.7 Å². The minimum Gasteiger partial charge on any atom is -0.302 e. The Hall–Kier alpha value is -1.79. The van der Waals surface area contributed by atoms with Gasteiger partial charge >= 0.3 is 0 Å². The van der Waals surface area contributed by atoms with Crippen LogP contribution in [0.15, 0.2) is 29.6 Å². The molecule has 1 aromatic carbocycles. The molecule has 3 aromatic rings. The maximum absolute atomic E-state index is 11.8. The van der Waals surface area contributed by atoms with Gasteiger partial charge in [-0.1, -0.05) is 23.5 Å². The Bertz CT molecular complexity index is 643. The number of amides is 1. The molecule has 2 heterocycles. The highest BCUT2D eigenvalue weighted by Crippen LogP contribution is 2.25. The number of rotatable bonds is 3. The number of nitrogens with one attached hydrogen (secondary N) is 1. The monoisotopic (exact) mass is 274 g/mol. The molecule has 0 saturated carbocycles. The molecule has 2 aromatic heterocycles. The summed E-state index contributed by atoms with van der Waals surface area (Å²) < 4.78 is 1.06. The number of carbonyl (C=O) groups excluding carboxylic acids is 1. The van der Waals surface area contributed by atoms with E-state index >= 15 is 0 Å². The molecular formula is C12H8N3OS2. The Morgan fingerprint density at radius 3 is 3.06 bits per heavy atom. The second-order valence-corrected chi connectivity index (χ2v) is 5.33. The van der Waals surface area contributed by atoms with E-state index in [4.69, 9.17) is 0 Å². The van der Waals surface area contributed by atoms with Crippen LogP contribution in [0.5, 0.6) is 0 Å². The number of benzene rings is 1. The lowest BCUT2D eigenvalue weighted by Gasteiger charge is -1.98. The lowest BCUT2D eigenvalue weighted by Crippen LogP contribution is -2.14. The van der Waals surface area contributed by atoms with Gasteiger partial charge < -0.3 is 5.32 Å². The number of hydrogen-bond acceptors (Lipinski definition) is 5. The molecule has 0 saturated heterocycles. The van der Waals surface area contributed by atoms with Gasteiger partial charge in [-0.05, 0) is 12.1 Å². The standard InChI is InChI=1S/C12H8N3OS2/c16-11(5-8-6-17-7-13-8)15-12-14-9-3-1-2-4-10(9)18-12/h1-4,6H,5H2,(H,14,15,16). The number of aromatic nitrogens is 2. The third kappa shape index (κ3) is 2.39. The molecule has 0 fully saturated rings. The first-order valence-corrected chi connectivity index (χ1v) is 6.97. The van der Waals surface area contributed by atoms with Crippen LogP contribution < -0.4 is 5.32 Å². The summed E-state index contributed by atoms with van der Waals surface area (Å²) in [5.41, 5.74) is 4.36. The van der Waals surface area contributed by atoms with Gasteiger partial charge in [0.05, 0.1) is 22.3 Å². The molecule has 0 atom stereocenters. The predicted octanol–water partition coefficient (Wildman–Crippen LogP) is 2.73. The van der Waals surface area contributed by atoms with Crippen molar-refractivity contribution in [1.29, 1.82) is 0 Å². The van der Waals surface area contributed by atoms with E-state index in [9.17, 15) is 4.79 Å². The zero-order valence-electron chi connectivity index (χ0n) is 9.21. The average Bonchev–Trinajstić information content (AvgIpc) is 2.96. The summed E-state index contributed by atoms with van der Waals surface area (Å²) >= 11 is 2.83. The summed E-state index contributed by atoms with van der Waals surface area (Å²) in [4.78, 5) is 20.1. The summed E-state index contributed by atoms with van der Waals surface area (Å²) in [5, 5.41) is 5.23. The van der Waals surface area contributed by atoms with Crippen LogP contribution >= 0.6 is 22.7 Å². The van der Waals surface area contributed by atoms with Crippen LogP contribution in [-0.4, -0.2) is 15.9 Å². The van der Waals surface area contributed by atoms with Crippen LogP contribution in [0.25, 0.3) is 10.2 Å². The highest BCUT2D eigenvalue weighted by Gasteiger charge is 2.09. The summed E-state index contributed by atoms with van der Waals surface area (Å²) in [6.07, 6.45) is 0.260. The van der Waals surface area contributed by atoms with Crippen molar-refractivity contribution in [2.75, 3.05) is 5.32 Å². The number of para-hydroxylation sites is 1. The van der Waals surface area contributed by atoms with E-state index in [-0.39, 0.29) is 12.3 Å². The Morgan fingerprint density at radius 1 is 1.39 bits per heavy atom. The highest BCUT2D eigenvalue weighted by atomic mass is 32.1. The molecule has 0 spiro atoms. The number of anilines is 1. The van der Waals surface area contributed by atoms with Crippen molar-refractivity contribution in [3.05, 3.63) is 40.8 Å². The molecule has 1 N–H and O–H groups in total. The Labute approximate surface area is 111 Å². The fraction of sp³-hybridized carbons (Fsp3) is 0.0833. The average molecular weight is 274 g/mol. The summed E-state index contributed by atoms with van der Waals surface area (Å²) in [6.45, 7) is 0. The number of thiazole rings is 2. The van der Waals surface area contributed by atoms with E-state index in [2.05, 4.69) is 20.8 Å². The van der Waals surface area contributed by atoms with Crippen molar-refractivity contribution in [1.82, 2.24) is 9.97 Å². The zero-order valence-corrected chi connectivity index (χ0v) is 10.8. The van der Waals surface area contributed by atoms with Crippen LogP contribution in [0.2, 0.25) is 0 Å². The highest BCUT2D eigenvalue weighted by molar-refractivity contribution is 7.22. The van der Waals surface area contributed by atoms with Gasteiger partial charge in [0, 0.05) is 5.38 Å². The number of carbonyl (C=O) groups is 1. The lowest BCUT2D eigenvalue weighted by molar-refractivity contribution is -0.115. The van der Waals surface area contributed by atoms with Gasteiger partial charge in [0.25, 0.3) is 0 Å². The quantitative estimate of drug-likeness (QED) is 0.799. The predicted molar refractivity (Wildman–Crippen MR) is 72.9 cm³/mol. The number of nitrogens with zero attached hydrogens (tertiary/aromatic N) is 2. The first-order valence-electron chi connectivity index (χ1n) is 5.27. The largest absolute Gasteiger partial charge is 0.302 e. The normalized spacial score (nSPS) is 10.7. The van der Waals surface area contributed by atoms with Crippen molar-refractivity contribution in [3.63, 3.8) is 0 Å². The van der Waals surface area contributed by atoms with Gasteiger partial charge in [0.1, 0.15) is 0 Å². The summed E-state index contributed by atoms with van der Waals surface area (Å²) in [5.74, 6) is -0.103. The van der Waals surface area contributed by atoms with Gasteiger partial charge in [0.2, 0.25) is 5.91 Å². The van der Waals surface area contributed by atoms with Gasteiger partial charge in [-0.25, -0.2) is 9.97 Å². The molecule has 0 aliphatic rings. The fourth-order valence-corrected chi connectivity index (χ4v) is 2.92. The van der Waals surface area contributed by atoms with E-state index in [0.717, 1.165) is 15.9 Å². The molecule has 0 aliphatic heterocycles. The van der Waals surface area contributed by atoms with E-state index in [1.54, 1.807) is 0 Å². The van der Waals surface area contributed by atoms with Gasteiger partial charge in [-0.15, -0.1) is 11.3 Å². The fourth-order valence-electron chi connectivity index (χ4n) is 1.54. The molecule has 4 nitrogen and oxygen atoms in total. The minimum atomic E-state index is -0.103. The lowest BCUT2D eigenvalue weighted by atomic mass is 10.3. The van der Waals surface area contributed by atoms with Gasteiger partial charge in [-0.2, -0.15) is 0 Å². The minimum absolute atomic E-state index is 0.103. The Balaban J connectivity index is 1.74. The Morgan fingerprint density at radius 2 is 2.28 bits per heavy atom. The SMILES string of the molecule is O=C(Cc1cs[c]n1)Nc1nc2ccccc2s1. The van der Waals surface area contributed by atoms with Crippen LogP contribution in [0.3, 0.4) is 0 Å². The van der Waals surface area contributed by atoms with Crippen LogP contribution in [0.1, 0.15) is 5.69 Å². The maximum atomic E-state index is 11.8. The van der Waals surface area contributed by atoms with Crippen LogP contribution in [-0.2, 0) is 11.2 Å². The second-order valence-electron chi connectivity index (χ2n) is 3.64. The molecule has 6 heteroatoms. The van der Waals surface area contributed by atoms with Crippen molar-refractivity contribution in [2.24, 2.45) is 0 Å². The Kier molecular flexibility index (Phi) is 3.04. The molecule has 89 valence electrons. The molecule has 0 bridgehead atoms. The molecule has 3 rings (SSSR count). The molecule has 18 heavy (non-hydrogen) atoms. The van der Waals surface area contributed by atoms with Crippen LogP contribution in [0, 0.1) is 5.51 Å². The molecule has 1 radical (unpaired) electrons. The zero-order chi connectivity index (χ0) is 12.4.